The van der Waals surface area contributed by atoms with E-state index in [0.29, 0.717) is 44.1 Å². The topological polar surface area (TPSA) is 113 Å². The van der Waals surface area contributed by atoms with Crippen molar-refractivity contribution < 1.29 is 44.5 Å². The predicted octanol–water partition coefficient (Wildman–Crippen LogP) is 24.5. The molecule has 8 heterocycles. The summed E-state index contributed by atoms with van der Waals surface area (Å²) in [6.45, 7) is 0. The maximum Gasteiger partial charge on any atom is 0.238 e. The summed E-state index contributed by atoms with van der Waals surface area (Å²) in [5, 5.41) is 8.47. The maximum absolute atomic E-state index is 9.61. The minimum absolute atomic E-state index is 0.0489. The van der Waals surface area contributed by atoms with Crippen LogP contribution in [0.1, 0.15) is 35.6 Å². The van der Waals surface area contributed by atoms with Gasteiger partial charge in [0.1, 0.15) is 22.3 Å². The van der Waals surface area contributed by atoms with Gasteiger partial charge < -0.3 is 8.83 Å². The highest BCUT2D eigenvalue weighted by molar-refractivity contribution is 7.27. The summed E-state index contributed by atoms with van der Waals surface area (Å²) >= 11 is 3.29. The molecule has 102 heavy (non-hydrogen) atoms. The van der Waals surface area contributed by atoms with E-state index in [4.69, 9.17) is 65.3 Å². The van der Waals surface area contributed by atoms with E-state index < -0.39 is 190 Å². The molecule has 0 aliphatic carbocycles. The third-order valence-electron chi connectivity index (χ3n) is 18.0. The van der Waals surface area contributed by atoms with Crippen molar-refractivity contribution in [1.29, 1.82) is 0 Å². The number of nitrogens with zero attached hydrogens (tertiary/aromatic N) is 8. The van der Waals surface area contributed by atoms with E-state index in [2.05, 4.69) is 23.2 Å². The molecule has 476 valence electrons. The van der Waals surface area contributed by atoms with Crippen LogP contribution in [-0.4, -0.2) is 39.0 Å². The molecule has 8 aromatic heterocycles. The second-order valence-electron chi connectivity index (χ2n) is 23.6. The Labute approximate surface area is 626 Å². The lowest BCUT2D eigenvalue weighted by Gasteiger charge is -2.11. The van der Waals surface area contributed by atoms with E-state index >= 15 is 0 Å². The fourth-order valence-electron chi connectivity index (χ4n) is 13.7. The van der Waals surface area contributed by atoms with Gasteiger partial charge in [0.2, 0.25) is 11.9 Å². The lowest BCUT2D eigenvalue weighted by Crippen LogP contribution is -2.06. The van der Waals surface area contributed by atoms with Crippen LogP contribution in [0.4, 0.5) is 0 Å². The average Bonchev–Trinajstić information content (AvgIpc) is 1.44. The van der Waals surface area contributed by atoms with Crippen molar-refractivity contribution in [3.8, 4) is 79.7 Å². The van der Waals surface area contributed by atoms with Crippen molar-refractivity contribution in [1.82, 2.24) is 39.0 Å². The molecule has 0 unspecified atom stereocenters. The molecule has 0 aliphatic rings. The van der Waals surface area contributed by atoms with Gasteiger partial charge in [-0.1, -0.05) is 242 Å². The molecule has 0 aliphatic heterocycles. The highest BCUT2D eigenvalue weighted by atomic mass is 32.1. The Hall–Kier alpha value is -13.3. The molecule has 0 atom stereocenters. The Kier molecular flexibility index (Phi) is 8.55. The number of para-hydroxylation sites is 2. The number of furan rings is 2. The molecule has 0 bridgehead atoms. The van der Waals surface area contributed by atoms with Crippen LogP contribution in [0.25, 0.3) is 208 Å². The van der Waals surface area contributed by atoms with Gasteiger partial charge in [-0.2, -0.15) is 19.9 Å². The molecule has 0 fully saturated rings. The number of fused-ring (bicyclic) bond motifs is 20. The van der Waals surface area contributed by atoms with Gasteiger partial charge in [0, 0.05) is 106 Å². The molecule has 22 aromatic rings. The third-order valence-corrected chi connectivity index (χ3v) is 20.4. The molecule has 0 saturated heterocycles. The highest BCUT2D eigenvalue weighted by Crippen LogP contribution is 2.47. The quantitative estimate of drug-likeness (QED) is 0.148. The molecule has 14 aromatic carbocycles. The van der Waals surface area contributed by atoms with Gasteiger partial charge in [0.25, 0.3) is 0 Å². The standard InChI is InChI=1S/2C45H26N4OS/c2*1-3-12-27(13-4-1)30-18-11-20-37-40(30)34-23-22-29(26-38(34)50-37)44-46-43(28-14-5-2-6-15-28)47-45(48-44)49-35-19-9-7-17-33(35)41-36(49)25-24-32-31-16-8-10-21-39(31)51-42(32)41/h2*1-26H/i1D,2D,3D,4D,5D,6D,11D,12D,13D,14D,15D,18D,20D,22D,23D,26D;1D,2D,3D,4D,5D,6D,12D,13D,14D,15D. The minimum Gasteiger partial charge on any atom is -0.456 e. The van der Waals surface area contributed by atoms with Crippen molar-refractivity contribution in [2.24, 2.45) is 0 Å². The van der Waals surface area contributed by atoms with E-state index in [-0.39, 0.29) is 57.5 Å². The number of benzene rings is 14. The largest absolute Gasteiger partial charge is 0.456 e. The number of rotatable bonds is 8. The summed E-state index contributed by atoms with van der Waals surface area (Å²) < 4.78 is 246. The molecule has 0 radical (unpaired) electrons. The number of hydrogen-bond acceptors (Lipinski definition) is 10. The van der Waals surface area contributed by atoms with E-state index in [1.54, 1.807) is 63.6 Å². The Morgan fingerprint density at radius 1 is 0.275 bits per heavy atom. The van der Waals surface area contributed by atoms with Crippen molar-refractivity contribution >= 4 is 151 Å². The van der Waals surface area contributed by atoms with Gasteiger partial charge in [-0.25, -0.2) is 9.97 Å². The fraction of sp³-hybridized carbons (Fsp3) is 0. The van der Waals surface area contributed by atoms with Crippen LogP contribution in [0.2, 0.25) is 0 Å². The van der Waals surface area contributed by atoms with Crippen LogP contribution in [0.5, 0.6) is 0 Å². The van der Waals surface area contributed by atoms with Crippen LogP contribution in [0.15, 0.2) is 324 Å². The summed E-state index contributed by atoms with van der Waals surface area (Å²) in [5.41, 5.74) is 1.68. The first kappa shape index (κ1) is 37.6. The molecule has 22 rings (SSSR count). The van der Waals surface area contributed by atoms with Crippen LogP contribution in [-0.2, 0) is 0 Å². The van der Waals surface area contributed by atoms with Gasteiger partial charge in [0.15, 0.2) is 23.3 Å². The number of thiophene rings is 2. The Bertz CT molecular complexity index is 8730. The third kappa shape index (κ3) is 9.24. The van der Waals surface area contributed by atoms with Crippen LogP contribution < -0.4 is 0 Å². The molecule has 0 saturated carbocycles. The molecular weight excluding hydrogens is 1290 g/mol. The molecule has 12 heteroatoms. The SMILES string of the molecule is [2H]c1c([2H])c([2H])c(-c2nc(-c3c([2H])c([2H])c4c(oc5c([2H])c([2H])c([2H])c(-c6c([2H])c([2H])c([2H])c([2H])c6[2H])c54)c3[2H])nc(-n3c4ccccc4c4c5sc6ccccc6c5ccc43)n2)c([2H])c1[2H].[2H]c1c([2H])c([2H])c(-c2nc(-c3ccc4c(c3)oc3cccc(-c5c([2H])c([2H])c([2H])c([2H])c5[2H])c34)nc(-n3c4ccccc4c4c5sc6ccccc6c5ccc43)n2)c([2H])c1[2H]. The average molecular weight is 1370 g/mol. The normalized spacial score (nSPS) is 15.5. The zero-order valence-electron chi connectivity index (χ0n) is 78.2. The fourth-order valence-corrected chi connectivity index (χ4v) is 16.2. The van der Waals surface area contributed by atoms with Crippen molar-refractivity contribution in [3.05, 3.63) is 315 Å². The Balaban J connectivity index is 0.000000156. The lowest BCUT2D eigenvalue weighted by molar-refractivity contribution is 0.668. The highest BCUT2D eigenvalue weighted by Gasteiger charge is 2.25. The van der Waals surface area contributed by atoms with Crippen molar-refractivity contribution in [3.63, 3.8) is 0 Å². The van der Waals surface area contributed by atoms with Crippen molar-refractivity contribution in [2.75, 3.05) is 0 Å². The number of aromatic nitrogens is 8. The first-order valence-electron chi connectivity index (χ1n) is 44.8. The summed E-state index contributed by atoms with van der Waals surface area (Å²) in [5.74, 6) is -0.830. The first-order valence-corrected chi connectivity index (χ1v) is 33.4. The Morgan fingerprint density at radius 2 is 0.745 bits per heavy atom. The molecule has 0 spiro atoms. The van der Waals surface area contributed by atoms with Crippen LogP contribution in [0.3, 0.4) is 0 Å². The minimum atomic E-state index is -0.745. The summed E-state index contributed by atoms with van der Waals surface area (Å²) in [6.07, 6.45) is 0. The van der Waals surface area contributed by atoms with E-state index in [9.17, 15) is 4.11 Å². The van der Waals surface area contributed by atoms with Crippen LogP contribution in [0, 0.1) is 0 Å². The summed E-state index contributed by atoms with van der Waals surface area (Å²) in [6, 6.07) is 34.4. The van der Waals surface area contributed by atoms with Crippen molar-refractivity contribution in [2.45, 2.75) is 0 Å². The summed E-state index contributed by atoms with van der Waals surface area (Å²) in [4.78, 5) is 28.8. The van der Waals surface area contributed by atoms with Gasteiger partial charge in [-0.05, 0) is 95.0 Å². The van der Waals surface area contributed by atoms with E-state index in [1.165, 1.54) is 0 Å². The van der Waals surface area contributed by atoms with Gasteiger partial charge in [0.05, 0.1) is 57.7 Å². The van der Waals surface area contributed by atoms with Gasteiger partial charge in [-0.3, -0.25) is 9.13 Å². The smallest absolute Gasteiger partial charge is 0.238 e. The van der Waals surface area contributed by atoms with Gasteiger partial charge >= 0.3 is 0 Å². The van der Waals surface area contributed by atoms with E-state index in [0.717, 1.165) is 72.9 Å². The molecule has 0 amide bonds. The number of hydrogen-bond donors (Lipinski definition) is 0. The van der Waals surface area contributed by atoms with Crippen LogP contribution >= 0.6 is 22.7 Å². The second kappa shape index (κ2) is 23.2. The van der Waals surface area contributed by atoms with Gasteiger partial charge in [-0.15, -0.1) is 22.7 Å². The predicted molar refractivity (Wildman–Crippen MR) is 421 cm³/mol. The summed E-state index contributed by atoms with van der Waals surface area (Å²) in [7, 11) is 0. The lowest BCUT2D eigenvalue weighted by atomic mass is 9.99. The zero-order chi connectivity index (χ0) is 89.6. The molecule has 0 N–H and O–H groups in total. The molecular formula is C90H52N8O2S2. The molecule has 10 nitrogen and oxygen atoms in total. The van der Waals surface area contributed by atoms with E-state index in [1.807, 2.05) is 108 Å². The second-order valence-corrected chi connectivity index (χ2v) is 25.7. The maximum atomic E-state index is 9.61. The monoisotopic (exact) mass is 1370 g/mol. The zero-order valence-corrected chi connectivity index (χ0v) is 53.9. The first-order chi connectivity index (χ1) is 61.4. The Morgan fingerprint density at radius 3 is 1.31 bits per heavy atom.